The molecule has 0 spiro atoms. The van der Waals surface area contributed by atoms with Crippen molar-refractivity contribution in [3.8, 4) is 0 Å². The smallest absolute Gasteiger partial charge is 0.126 e. The van der Waals surface area contributed by atoms with Gasteiger partial charge in [0.15, 0.2) is 0 Å². The number of halogens is 1. The maximum atomic E-state index is 13.1. The first-order valence-electron chi connectivity index (χ1n) is 6.95. The number of imidazole rings is 1. The van der Waals surface area contributed by atoms with Gasteiger partial charge in [-0.25, -0.2) is 9.37 Å². The van der Waals surface area contributed by atoms with E-state index in [9.17, 15) is 4.39 Å². The predicted octanol–water partition coefficient (Wildman–Crippen LogP) is 3.28. The van der Waals surface area contributed by atoms with Crippen molar-refractivity contribution in [2.24, 2.45) is 0 Å². The molecule has 4 heteroatoms. The Balaban J connectivity index is 2.41. The summed E-state index contributed by atoms with van der Waals surface area (Å²) in [7, 11) is 1.94. The summed E-state index contributed by atoms with van der Waals surface area (Å²) in [4.78, 5) is 4.49. The van der Waals surface area contributed by atoms with Gasteiger partial charge in [-0.15, -0.1) is 0 Å². The summed E-state index contributed by atoms with van der Waals surface area (Å²) in [6.07, 6.45) is 3.81. The van der Waals surface area contributed by atoms with E-state index >= 15 is 0 Å². The van der Waals surface area contributed by atoms with Crippen LogP contribution in [0.4, 0.5) is 4.39 Å². The second-order valence-electron chi connectivity index (χ2n) is 5.52. The molecule has 1 N–H and O–H groups in total. The Kier molecular flexibility index (Phi) is 4.23. The van der Waals surface area contributed by atoms with E-state index in [0.29, 0.717) is 0 Å². The van der Waals surface area contributed by atoms with Crippen LogP contribution >= 0.6 is 0 Å². The lowest BCUT2D eigenvalue weighted by Crippen LogP contribution is -2.37. The second-order valence-corrected chi connectivity index (χ2v) is 5.52. The highest BCUT2D eigenvalue weighted by atomic mass is 19.1. The van der Waals surface area contributed by atoms with E-state index in [-0.39, 0.29) is 17.3 Å². The van der Waals surface area contributed by atoms with Crippen molar-refractivity contribution >= 4 is 0 Å². The monoisotopic (exact) mass is 275 g/mol. The van der Waals surface area contributed by atoms with Crippen LogP contribution in [0.3, 0.4) is 0 Å². The highest BCUT2D eigenvalue weighted by Gasteiger charge is 2.34. The van der Waals surface area contributed by atoms with E-state index in [1.165, 1.54) is 12.1 Å². The molecule has 2 rings (SSSR count). The second kappa shape index (κ2) is 5.75. The standard InChI is InChI=1S/C16H22FN3/c1-5-20-11-10-19-15(20)14(18-4)16(2,3)12-6-8-13(17)9-7-12/h6-11,14,18H,5H2,1-4H3. The van der Waals surface area contributed by atoms with Gasteiger partial charge in [-0.2, -0.15) is 0 Å². The van der Waals surface area contributed by atoms with Crippen LogP contribution in [0.1, 0.15) is 38.2 Å². The Morgan fingerprint density at radius 2 is 1.95 bits per heavy atom. The van der Waals surface area contributed by atoms with Gasteiger partial charge >= 0.3 is 0 Å². The minimum absolute atomic E-state index is 0.0583. The van der Waals surface area contributed by atoms with E-state index in [2.05, 4.69) is 35.6 Å². The van der Waals surface area contributed by atoms with Crippen molar-refractivity contribution in [3.63, 3.8) is 0 Å². The Morgan fingerprint density at radius 3 is 2.50 bits per heavy atom. The number of likely N-dealkylation sites (N-methyl/N-ethyl adjacent to an activating group) is 1. The van der Waals surface area contributed by atoms with E-state index in [0.717, 1.165) is 17.9 Å². The highest BCUT2D eigenvalue weighted by Crippen LogP contribution is 2.36. The molecule has 0 aliphatic heterocycles. The Labute approximate surface area is 119 Å². The van der Waals surface area contributed by atoms with Gasteiger partial charge in [0.05, 0.1) is 6.04 Å². The van der Waals surface area contributed by atoms with Gasteiger partial charge < -0.3 is 9.88 Å². The Morgan fingerprint density at radius 1 is 1.30 bits per heavy atom. The number of hydrogen-bond donors (Lipinski definition) is 1. The van der Waals surface area contributed by atoms with Gasteiger partial charge in [-0.3, -0.25) is 0 Å². The fourth-order valence-corrected chi connectivity index (χ4v) is 2.71. The molecule has 108 valence electrons. The van der Waals surface area contributed by atoms with Gasteiger partial charge in [0.25, 0.3) is 0 Å². The summed E-state index contributed by atoms with van der Waals surface area (Å²) in [5.41, 5.74) is 0.893. The van der Waals surface area contributed by atoms with Crippen molar-refractivity contribution in [3.05, 3.63) is 53.9 Å². The molecule has 20 heavy (non-hydrogen) atoms. The van der Waals surface area contributed by atoms with Crippen LogP contribution in [0.2, 0.25) is 0 Å². The van der Waals surface area contributed by atoms with Crippen molar-refractivity contribution in [2.45, 2.75) is 38.8 Å². The van der Waals surface area contributed by atoms with Crippen molar-refractivity contribution < 1.29 is 4.39 Å². The molecule has 0 amide bonds. The molecule has 1 unspecified atom stereocenters. The average molecular weight is 275 g/mol. The molecule has 1 atom stereocenters. The largest absolute Gasteiger partial charge is 0.334 e. The lowest BCUT2D eigenvalue weighted by Gasteiger charge is -2.34. The number of nitrogens with one attached hydrogen (secondary N) is 1. The van der Waals surface area contributed by atoms with Gasteiger partial charge in [0.2, 0.25) is 0 Å². The summed E-state index contributed by atoms with van der Waals surface area (Å²) in [5.74, 6) is 0.796. The van der Waals surface area contributed by atoms with Crippen LogP contribution < -0.4 is 5.32 Å². The lowest BCUT2D eigenvalue weighted by atomic mass is 9.77. The topological polar surface area (TPSA) is 29.9 Å². The van der Waals surface area contributed by atoms with Crippen LogP contribution in [0.15, 0.2) is 36.7 Å². The molecule has 1 aromatic carbocycles. The molecule has 0 aliphatic rings. The zero-order valence-electron chi connectivity index (χ0n) is 12.5. The van der Waals surface area contributed by atoms with Gasteiger partial charge in [-0.1, -0.05) is 26.0 Å². The zero-order valence-corrected chi connectivity index (χ0v) is 12.5. The summed E-state index contributed by atoms with van der Waals surface area (Å²) < 4.78 is 15.2. The van der Waals surface area contributed by atoms with Crippen LogP contribution in [-0.4, -0.2) is 16.6 Å². The van der Waals surface area contributed by atoms with Crippen molar-refractivity contribution in [2.75, 3.05) is 7.05 Å². The molecule has 0 saturated carbocycles. The van der Waals surface area contributed by atoms with Crippen LogP contribution in [0.5, 0.6) is 0 Å². The zero-order chi connectivity index (χ0) is 14.8. The van der Waals surface area contributed by atoms with Gasteiger partial charge in [0, 0.05) is 24.4 Å². The maximum absolute atomic E-state index is 13.1. The third-order valence-electron chi connectivity index (χ3n) is 3.95. The van der Waals surface area contributed by atoms with Crippen molar-refractivity contribution in [1.29, 1.82) is 0 Å². The Bertz CT molecular complexity index is 557. The molecule has 0 aliphatic carbocycles. The van der Waals surface area contributed by atoms with Crippen LogP contribution in [0.25, 0.3) is 0 Å². The summed E-state index contributed by atoms with van der Waals surface area (Å²) in [5, 5.41) is 3.36. The molecule has 1 aromatic heterocycles. The van der Waals surface area contributed by atoms with Crippen molar-refractivity contribution in [1.82, 2.24) is 14.9 Å². The number of aryl methyl sites for hydroxylation is 1. The molecule has 0 bridgehead atoms. The molecule has 0 saturated heterocycles. The lowest BCUT2D eigenvalue weighted by molar-refractivity contribution is 0.343. The molecule has 3 nitrogen and oxygen atoms in total. The highest BCUT2D eigenvalue weighted by molar-refractivity contribution is 5.28. The predicted molar refractivity (Wildman–Crippen MR) is 79.1 cm³/mol. The SMILES string of the molecule is CCn1ccnc1C(NC)C(C)(C)c1ccc(F)cc1. The van der Waals surface area contributed by atoms with Crippen LogP contribution in [-0.2, 0) is 12.0 Å². The van der Waals surface area contributed by atoms with Gasteiger partial charge in [-0.05, 0) is 31.7 Å². The molecular formula is C16H22FN3. The first kappa shape index (κ1) is 14.7. The molecule has 2 aromatic rings. The van der Waals surface area contributed by atoms with E-state index < -0.39 is 0 Å². The number of aromatic nitrogens is 2. The minimum atomic E-state index is -0.208. The third-order valence-corrected chi connectivity index (χ3v) is 3.95. The summed E-state index contributed by atoms with van der Waals surface area (Å²) >= 11 is 0. The molecule has 0 radical (unpaired) electrons. The van der Waals surface area contributed by atoms with Crippen LogP contribution in [0, 0.1) is 5.82 Å². The molecule has 0 fully saturated rings. The van der Waals surface area contributed by atoms with Gasteiger partial charge in [0.1, 0.15) is 11.6 Å². The fourth-order valence-electron chi connectivity index (χ4n) is 2.71. The third kappa shape index (κ3) is 2.61. The molecule has 1 heterocycles. The Hall–Kier alpha value is -1.68. The number of rotatable bonds is 5. The maximum Gasteiger partial charge on any atom is 0.126 e. The normalized spacial score (nSPS) is 13.4. The van der Waals surface area contributed by atoms with E-state index in [1.807, 2.05) is 31.6 Å². The first-order valence-corrected chi connectivity index (χ1v) is 6.95. The fraction of sp³-hybridized carbons (Fsp3) is 0.438. The number of nitrogens with zero attached hydrogens (tertiary/aromatic N) is 2. The summed E-state index contributed by atoms with van der Waals surface area (Å²) in [6, 6.07) is 6.77. The number of hydrogen-bond acceptors (Lipinski definition) is 2. The minimum Gasteiger partial charge on any atom is -0.334 e. The quantitative estimate of drug-likeness (QED) is 0.907. The van der Waals surface area contributed by atoms with E-state index in [1.54, 1.807) is 0 Å². The van der Waals surface area contributed by atoms with E-state index in [4.69, 9.17) is 0 Å². The first-order chi connectivity index (χ1) is 9.50. The number of benzene rings is 1. The summed E-state index contributed by atoms with van der Waals surface area (Å²) in [6.45, 7) is 7.28. The molecular weight excluding hydrogens is 253 g/mol. The average Bonchev–Trinajstić information content (AvgIpc) is 2.88.